The Balaban J connectivity index is 1.77. The minimum atomic E-state index is -0.607. The lowest BCUT2D eigenvalue weighted by Crippen LogP contribution is -2.23. The molecule has 0 aliphatic rings. The van der Waals surface area contributed by atoms with Crippen molar-refractivity contribution in [3.05, 3.63) is 78.0 Å². The monoisotopic (exact) mass is 419 g/mol. The fourth-order valence-electron chi connectivity index (χ4n) is 3.03. The van der Waals surface area contributed by atoms with Crippen molar-refractivity contribution in [2.24, 2.45) is 0 Å². The number of methoxy groups -OCH3 is 1. The van der Waals surface area contributed by atoms with Crippen LogP contribution in [0.25, 0.3) is 11.6 Å². The number of esters is 1. The maximum Gasteiger partial charge on any atom is 0.339 e. The number of nitrogens with one attached hydrogen (secondary N) is 1. The molecule has 160 valence electrons. The fraction of sp³-hybridized carbons (Fsp3) is 0.208. The number of para-hydroxylation sites is 1. The zero-order valence-corrected chi connectivity index (χ0v) is 17.7. The van der Waals surface area contributed by atoms with Crippen molar-refractivity contribution in [1.29, 1.82) is 0 Å². The highest BCUT2D eigenvalue weighted by Gasteiger charge is 2.17. The summed E-state index contributed by atoms with van der Waals surface area (Å²) in [6.45, 7) is 3.49. The molecule has 0 atom stereocenters. The number of anilines is 1. The smallest absolute Gasteiger partial charge is 0.339 e. The van der Waals surface area contributed by atoms with Gasteiger partial charge in [0.05, 0.1) is 18.9 Å². The lowest BCUT2D eigenvalue weighted by molar-refractivity contribution is -0.141. The van der Waals surface area contributed by atoms with Crippen LogP contribution in [-0.2, 0) is 14.3 Å². The Hall–Kier alpha value is -3.87. The molecule has 0 saturated heterocycles. The first-order valence-corrected chi connectivity index (χ1v) is 9.90. The SMILES string of the molecule is COc1ccccc1/C=C(/C(=O)OCC(=O)Nc1ccnn1C(C)C)c1ccccc1. The van der Waals surface area contributed by atoms with Gasteiger partial charge in [0.15, 0.2) is 6.61 Å². The van der Waals surface area contributed by atoms with Gasteiger partial charge in [-0.15, -0.1) is 0 Å². The molecule has 3 rings (SSSR count). The van der Waals surface area contributed by atoms with Crippen molar-refractivity contribution in [2.45, 2.75) is 19.9 Å². The van der Waals surface area contributed by atoms with Gasteiger partial charge in [0.1, 0.15) is 11.6 Å². The molecule has 0 bridgehead atoms. The summed E-state index contributed by atoms with van der Waals surface area (Å²) in [7, 11) is 1.57. The number of amides is 1. The van der Waals surface area contributed by atoms with E-state index in [1.165, 1.54) is 0 Å². The number of hydrogen-bond acceptors (Lipinski definition) is 5. The second-order valence-electron chi connectivity index (χ2n) is 7.05. The molecule has 1 amide bonds. The summed E-state index contributed by atoms with van der Waals surface area (Å²) >= 11 is 0. The summed E-state index contributed by atoms with van der Waals surface area (Å²) in [5.41, 5.74) is 1.73. The van der Waals surface area contributed by atoms with Crippen LogP contribution in [0.3, 0.4) is 0 Å². The van der Waals surface area contributed by atoms with E-state index < -0.39 is 18.5 Å². The molecule has 0 unspecified atom stereocenters. The zero-order valence-electron chi connectivity index (χ0n) is 17.7. The predicted molar refractivity (Wildman–Crippen MR) is 120 cm³/mol. The molecule has 1 N–H and O–H groups in total. The van der Waals surface area contributed by atoms with E-state index in [9.17, 15) is 9.59 Å². The maximum atomic E-state index is 12.9. The number of aromatic nitrogens is 2. The van der Waals surface area contributed by atoms with Crippen LogP contribution in [0.15, 0.2) is 66.9 Å². The Morgan fingerprint density at radius 1 is 1.06 bits per heavy atom. The molecule has 0 saturated carbocycles. The second-order valence-corrected chi connectivity index (χ2v) is 7.05. The first kappa shape index (κ1) is 21.8. The van der Waals surface area contributed by atoms with Gasteiger partial charge in [0, 0.05) is 17.7 Å². The largest absolute Gasteiger partial charge is 0.496 e. The number of nitrogens with zero attached hydrogens (tertiary/aromatic N) is 2. The molecule has 1 aromatic heterocycles. The van der Waals surface area contributed by atoms with Crippen LogP contribution in [0.2, 0.25) is 0 Å². The third kappa shape index (κ3) is 5.60. The Kier molecular flexibility index (Phi) is 7.22. The molecule has 0 spiro atoms. The minimum absolute atomic E-state index is 0.0846. The minimum Gasteiger partial charge on any atom is -0.496 e. The van der Waals surface area contributed by atoms with Gasteiger partial charge < -0.3 is 14.8 Å². The maximum absolute atomic E-state index is 12.9. The van der Waals surface area contributed by atoms with Gasteiger partial charge >= 0.3 is 5.97 Å². The predicted octanol–water partition coefficient (Wildman–Crippen LogP) is 4.20. The number of rotatable bonds is 8. The number of hydrogen-bond donors (Lipinski definition) is 1. The van der Waals surface area contributed by atoms with E-state index in [1.54, 1.807) is 30.1 Å². The van der Waals surface area contributed by atoms with Gasteiger partial charge in [-0.2, -0.15) is 5.10 Å². The van der Waals surface area contributed by atoms with E-state index in [4.69, 9.17) is 9.47 Å². The lowest BCUT2D eigenvalue weighted by atomic mass is 10.0. The van der Waals surface area contributed by atoms with Crippen LogP contribution >= 0.6 is 0 Å². The summed E-state index contributed by atoms with van der Waals surface area (Å²) in [6.07, 6.45) is 3.30. The Bertz CT molecular complexity index is 1070. The average molecular weight is 419 g/mol. The molecule has 0 aliphatic heterocycles. The third-order valence-electron chi connectivity index (χ3n) is 4.50. The van der Waals surface area contributed by atoms with E-state index in [0.717, 1.165) is 5.56 Å². The van der Waals surface area contributed by atoms with E-state index in [-0.39, 0.29) is 6.04 Å². The van der Waals surface area contributed by atoms with Gasteiger partial charge in [-0.3, -0.25) is 4.79 Å². The lowest BCUT2D eigenvalue weighted by Gasteiger charge is -2.13. The molecular formula is C24H25N3O4. The van der Waals surface area contributed by atoms with Crippen LogP contribution in [0.1, 0.15) is 31.0 Å². The molecule has 0 fully saturated rings. The van der Waals surface area contributed by atoms with E-state index in [1.807, 2.05) is 68.4 Å². The van der Waals surface area contributed by atoms with Crippen molar-refractivity contribution in [2.75, 3.05) is 19.0 Å². The van der Waals surface area contributed by atoms with Crippen LogP contribution in [-0.4, -0.2) is 35.4 Å². The highest BCUT2D eigenvalue weighted by atomic mass is 16.5. The summed E-state index contributed by atoms with van der Waals surface area (Å²) in [5, 5.41) is 6.89. The number of carbonyl (C=O) groups excluding carboxylic acids is 2. The first-order chi connectivity index (χ1) is 15.0. The van der Waals surface area contributed by atoms with Crippen molar-refractivity contribution in [3.63, 3.8) is 0 Å². The van der Waals surface area contributed by atoms with E-state index in [0.29, 0.717) is 22.7 Å². The molecular weight excluding hydrogens is 394 g/mol. The number of ether oxygens (including phenoxy) is 2. The molecule has 31 heavy (non-hydrogen) atoms. The van der Waals surface area contributed by atoms with E-state index in [2.05, 4.69) is 10.4 Å². The zero-order chi connectivity index (χ0) is 22.2. The van der Waals surface area contributed by atoms with Gasteiger partial charge in [-0.1, -0.05) is 48.5 Å². The standard InChI is InChI=1S/C24H25N3O4/c1-17(2)27-22(13-14-25-27)26-23(28)16-31-24(29)20(18-9-5-4-6-10-18)15-19-11-7-8-12-21(19)30-3/h4-15,17H,16H2,1-3H3,(H,26,28)/b20-15+. The Morgan fingerprint density at radius 3 is 2.48 bits per heavy atom. The molecule has 3 aromatic rings. The highest BCUT2D eigenvalue weighted by Crippen LogP contribution is 2.25. The topological polar surface area (TPSA) is 82.4 Å². The van der Waals surface area contributed by atoms with Crippen LogP contribution in [0.4, 0.5) is 5.82 Å². The van der Waals surface area contributed by atoms with Gasteiger partial charge in [0.25, 0.3) is 5.91 Å². The Labute approximate surface area is 181 Å². The second kappa shape index (κ2) is 10.2. The number of benzene rings is 2. The third-order valence-corrected chi connectivity index (χ3v) is 4.50. The number of carbonyl (C=O) groups is 2. The molecule has 7 heteroatoms. The van der Waals surface area contributed by atoms with Crippen LogP contribution < -0.4 is 10.1 Å². The van der Waals surface area contributed by atoms with Crippen molar-refractivity contribution >= 4 is 29.3 Å². The van der Waals surface area contributed by atoms with Crippen LogP contribution in [0.5, 0.6) is 5.75 Å². The van der Waals surface area contributed by atoms with Crippen LogP contribution in [0, 0.1) is 0 Å². The highest BCUT2D eigenvalue weighted by molar-refractivity contribution is 6.22. The van der Waals surface area contributed by atoms with Gasteiger partial charge in [0.2, 0.25) is 0 Å². The average Bonchev–Trinajstić information content (AvgIpc) is 3.25. The van der Waals surface area contributed by atoms with Crippen molar-refractivity contribution in [3.8, 4) is 5.75 Å². The summed E-state index contributed by atoms with van der Waals surface area (Å²) in [5.74, 6) is 0.123. The molecule has 1 heterocycles. The summed E-state index contributed by atoms with van der Waals surface area (Å²) in [4.78, 5) is 25.2. The van der Waals surface area contributed by atoms with Crippen molar-refractivity contribution < 1.29 is 19.1 Å². The van der Waals surface area contributed by atoms with Crippen molar-refractivity contribution in [1.82, 2.24) is 9.78 Å². The molecule has 0 aliphatic carbocycles. The molecule has 0 radical (unpaired) electrons. The normalized spacial score (nSPS) is 11.3. The van der Waals surface area contributed by atoms with Gasteiger partial charge in [-0.25, -0.2) is 9.48 Å². The first-order valence-electron chi connectivity index (χ1n) is 9.90. The van der Waals surface area contributed by atoms with Gasteiger partial charge in [-0.05, 0) is 31.6 Å². The fourth-order valence-corrected chi connectivity index (χ4v) is 3.03. The Morgan fingerprint density at radius 2 is 1.77 bits per heavy atom. The molecule has 7 nitrogen and oxygen atoms in total. The summed E-state index contributed by atoms with van der Waals surface area (Å²) in [6, 6.07) is 18.3. The summed E-state index contributed by atoms with van der Waals surface area (Å²) < 4.78 is 12.4. The molecule has 2 aromatic carbocycles. The quantitative estimate of drug-likeness (QED) is 0.336. The van der Waals surface area contributed by atoms with E-state index >= 15 is 0 Å².